The standard InChI is InChI=1S/C5H7N3.C3H6O2/c1-4-2-8-5(6)3-7-4;1-2-5-3-4/h2-3H,1H3,(H2,6,8);3H,2H2,1H3. The van der Waals surface area contributed by atoms with Gasteiger partial charge in [0, 0.05) is 0 Å². The summed E-state index contributed by atoms with van der Waals surface area (Å²) >= 11 is 0. The zero-order valence-electron chi connectivity index (χ0n) is 7.73. The van der Waals surface area contributed by atoms with Gasteiger partial charge < -0.3 is 10.5 Å². The van der Waals surface area contributed by atoms with Gasteiger partial charge in [-0.05, 0) is 13.8 Å². The summed E-state index contributed by atoms with van der Waals surface area (Å²) in [6.07, 6.45) is 3.17. The van der Waals surface area contributed by atoms with Crippen LogP contribution in [-0.2, 0) is 9.53 Å². The second-order valence-corrected chi connectivity index (χ2v) is 2.13. The third kappa shape index (κ3) is 6.74. The van der Waals surface area contributed by atoms with E-state index < -0.39 is 0 Å². The molecule has 0 atom stereocenters. The summed E-state index contributed by atoms with van der Waals surface area (Å²) < 4.78 is 4.15. The Kier molecular flexibility index (Phi) is 6.13. The topological polar surface area (TPSA) is 78.1 Å². The highest BCUT2D eigenvalue weighted by Gasteiger charge is 1.83. The molecule has 0 aromatic carbocycles. The van der Waals surface area contributed by atoms with Crippen molar-refractivity contribution < 1.29 is 9.53 Å². The van der Waals surface area contributed by atoms with Crippen LogP contribution in [0.1, 0.15) is 12.6 Å². The van der Waals surface area contributed by atoms with Gasteiger partial charge in [-0.2, -0.15) is 0 Å². The van der Waals surface area contributed by atoms with Crippen LogP contribution in [0.2, 0.25) is 0 Å². The zero-order chi connectivity index (χ0) is 10.1. The number of anilines is 1. The van der Waals surface area contributed by atoms with Gasteiger partial charge in [-0.25, -0.2) is 4.98 Å². The third-order valence-corrected chi connectivity index (χ3v) is 1.04. The minimum atomic E-state index is 0.431. The number of hydrogen-bond acceptors (Lipinski definition) is 5. The number of aryl methyl sites for hydroxylation is 1. The van der Waals surface area contributed by atoms with Gasteiger partial charge >= 0.3 is 0 Å². The van der Waals surface area contributed by atoms with Crippen LogP contribution < -0.4 is 5.73 Å². The molecular weight excluding hydrogens is 170 g/mol. The fourth-order valence-corrected chi connectivity index (χ4v) is 0.471. The Labute approximate surface area is 77.0 Å². The van der Waals surface area contributed by atoms with E-state index in [0.717, 1.165) is 5.69 Å². The fourth-order valence-electron chi connectivity index (χ4n) is 0.471. The molecule has 0 radical (unpaired) electrons. The molecule has 0 fully saturated rings. The molecule has 0 aliphatic carbocycles. The Morgan fingerprint density at radius 1 is 1.54 bits per heavy atom. The molecule has 13 heavy (non-hydrogen) atoms. The molecule has 1 heterocycles. The Bertz CT molecular complexity index is 215. The molecule has 0 unspecified atom stereocenters. The largest absolute Gasteiger partial charge is 0.468 e. The second-order valence-electron chi connectivity index (χ2n) is 2.13. The second kappa shape index (κ2) is 7.02. The highest BCUT2D eigenvalue weighted by atomic mass is 16.5. The quantitative estimate of drug-likeness (QED) is 0.677. The van der Waals surface area contributed by atoms with Crippen LogP contribution in [0.15, 0.2) is 12.4 Å². The number of aromatic nitrogens is 2. The van der Waals surface area contributed by atoms with Gasteiger partial charge in [0.15, 0.2) is 0 Å². The molecular formula is C8H13N3O2. The van der Waals surface area contributed by atoms with E-state index in [9.17, 15) is 4.79 Å². The molecule has 5 nitrogen and oxygen atoms in total. The normalized spacial score (nSPS) is 8.15. The van der Waals surface area contributed by atoms with Gasteiger partial charge in [0.1, 0.15) is 5.82 Å². The summed E-state index contributed by atoms with van der Waals surface area (Å²) in [6.45, 7) is 4.53. The number of carbonyl (C=O) groups is 1. The summed E-state index contributed by atoms with van der Waals surface area (Å²) in [5.41, 5.74) is 6.14. The molecule has 72 valence electrons. The molecule has 0 amide bonds. The van der Waals surface area contributed by atoms with Crippen molar-refractivity contribution in [3.63, 3.8) is 0 Å². The van der Waals surface area contributed by atoms with Crippen molar-refractivity contribution in [3.05, 3.63) is 18.1 Å². The van der Waals surface area contributed by atoms with Crippen molar-refractivity contribution in [2.75, 3.05) is 12.3 Å². The zero-order valence-corrected chi connectivity index (χ0v) is 7.73. The van der Waals surface area contributed by atoms with E-state index in [4.69, 9.17) is 5.73 Å². The van der Waals surface area contributed by atoms with Crippen LogP contribution in [0, 0.1) is 6.92 Å². The number of nitrogens with two attached hydrogens (primary N) is 1. The Hall–Kier alpha value is -1.65. The molecule has 0 bridgehead atoms. The molecule has 0 aliphatic rings. The van der Waals surface area contributed by atoms with E-state index >= 15 is 0 Å². The van der Waals surface area contributed by atoms with E-state index in [-0.39, 0.29) is 0 Å². The van der Waals surface area contributed by atoms with Crippen LogP contribution in [0.4, 0.5) is 5.82 Å². The first-order chi connectivity index (χ1) is 6.20. The average molecular weight is 183 g/mol. The molecule has 0 aliphatic heterocycles. The van der Waals surface area contributed by atoms with Crippen LogP contribution in [0.3, 0.4) is 0 Å². The lowest BCUT2D eigenvalue weighted by Gasteiger charge is -1.88. The smallest absolute Gasteiger partial charge is 0.293 e. The molecule has 0 spiro atoms. The first-order valence-corrected chi connectivity index (χ1v) is 3.80. The Morgan fingerprint density at radius 2 is 2.23 bits per heavy atom. The van der Waals surface area contributed by atoms with Gasteiger partial charge in [-0.3, -0.25) is 9.78 Å². The maximum Gasteiger partial charge on any atom is 0.293 e. The van der Waals surface area contributed by atoms with Crippen LogP contribution in [0.5, 0.6) is 0 Å². The van der Waals surface area contributed by atoms with Crippen molar-refractivity contribution in [1.29, 1.82) is 0 Å². The van der Waals surface area contributed by atoms with Gasteiger partial charge in [0.2, 0.25) is 0 Å². The highest BCUT2D eigenvalue weighted by molar-refractivity contribution is 5.36. The van der Waals surface area contributed by atoms with E-state index in [1.54, 1.807) is 13.1 Å². The maximum absolute atomic E-state index is 9.18. The van der Waals surface area contributed by atoms with Crippen LogP contribution in [0.25, 0.3) is 0 Å². The number of nitrogens with zero attached hydrogens (tertiary/aromatic N) is 2. The summed E-state index contributed by atoms with van der Waals surface area (Å²) in [7, 11) is 0. The first kappa shape index (κ1) is 11.4. The lowest BCUT2D eigenvalue weighted by molar-refractivity contribution is -0.128. The molecule has 1 aromatic rings. The lowest BCUT2D eigenvalue weighted by atomic mass is 10.5. The molecule has 0 saturated heterocycles. The maximum atomic E-state index is 9.18. The van der Waals surface area contributed by atoms with E-state index in [1.165, 1.54) is 6.20 Å². The third-order valence-electron chi connectivity index (χ3n) is 1.04. The summed E-state index contributed by atoms with van der Waals surface area (Å²) in [5.74, 6) is 0.468. The number of carbonyl (C=O) groups excluding carboxylic acids is 1. The number of nitrogen functional groups attached to an aromatic ring is 1. The Morgan fingerprint density at radius 3 is 2.46 bits per heavy atom. The van der Waals surface area contributed by atoms with E-state index in [0.29, 0.717) is 18.9 Å². The molecule has 2 N–H and O–H groups in total. The SMILES string of the molecule is CCOC=O.Cc1cnc(N)cn1. The Balaban J connectivity index is 0.000000252. The minimum Gasteiger partial charge on any atom is -0.468 e. The summed E-state index contributed by atoms with van der Waals surface area (Å²) in [4.78, 5) is 16.9. The lowest BCUT2D eigenvalue weighted by Crippen LogP contribution is -1.90. The van der Waals surface area contributed by atoms with E-state index in [2.05, 4.69) is 14.7 Å². The fraction of sp³-hybridized carbons (Fsp3) is 0.375. The van der Waals surface area contributed by atoms with Crippen molar-refractivity contribution >= 4 is 12.3 Å². The number of hydrogen-bond donors (Lipinski definition) is 1. The monoisotopic (exact) mass is 183 g/mol. The minimum absolute atomic E-state index is 0.431. The molecule has 1 rings (SSSR count). The summed E-state index contributed by atoms with van der Waals surface area (Å²) in [5, 5.41) is 0. The molecule has 1 aromatic heterocycles. The molecule has 5 heteroatoms. The van der Waals surface area contributed by atoms with Gasteiger partial charge in [0.05, 0.1) is 24.7 Å². The van der Waals surface area contributed by atoms with Crippen molar-refractivity contribution in [2.24, 2.45) is 0 Å². The van der Waals surface area contributed by atoms with Crippen molar-refractivity contribution in [3.8, 4) is 0 Å². The predicted octanol–water partition coefficient (Wildman–Crippen LogP) is 0.547. The van der Waals surface area contributed by atoms with Crippen LogP contribution in [-0.4, -0.2) is 23.0 Å². The highest BCUT2D eigenvalue weighted by Crippen LogP contribution is 1.91. The van der Waals surface area contributed by atoms with Gasteiger partial charge in [-0.15, -0.1) is 0 Å². The van der Waals surface area contributed by atoms with Crippen molar-refractivity contribution in [2.45, 2.75) is 13.8 Å². The molecule has 0 saturated carbocycles. The number of rotatable bonds is 2. The summed E-state index contributed by atoms with van der Waals surface area (Å²) in [6, 6.07) is 0. The predicted molar refractivity (Wildman–Crippen MR) is 48.9 cm³/mol. The van der Waals surface area contributed by atoms with Gasteiger partial charge in [0.25, 0.3) is 6.47 Å². The van der Waals surface area contributed by atoms with Crippen LogP contribution >= 0.6 is 0 Å². The van der Waals surface area contributed by atoms with Gasteiger partial charge in [-0.1, -0.05) is 0 Å². The van der Waals surface area contributed by atoms with Crippen molar-refractivity contribution in [1.82, 2.24) is 9.97 Å². The average Bonchev–Trinajstić information content (AvgIpc) is 2.13. The first-order valence-electron chi connectivity index (χ1n) is 3.80. The van der Waals surface area contributed by atoms with E-state index in [1.807, 2.05) is 6.92 Å². The number of ether oxygens (including phenoxy) is 1.